The lowest BCUT2D eigenvalue weighted by molar-refractivity contribution is -0.136. The fourth-order valence-electron chi connectivity index (χ4n) is 0.754. The van der Waals surface area contributed by atoms with E-state index in [0.29, 0.717) is 0 Å². The molecule has 0 amide bonds. The summed E-state index contributed by atoms with van der Waals surface area (Å²) in [6.45, 7) is 1.28. The summed E-state index contributed by atoms with van der Waals surface area (Å²) in [4.78, 5) is 9.90. The highest BCUT2D eigenvalue weighted by Gasteiger charge is 2.29. The zero-order valence-corrected chi connectivity index (χ0v) is 9.68. The summed E-state index contributed by atoms with van der Waals surface area (Å²) in [7, 11) is 8.42. The maximum absolute atomic E-state index is 9.90. The summed E-state index contributed by atoms with van der Waals surface area (Å²) in [5, 5.41) is 43.5. The van der Waals surface area contributed by atoms with Crippen LogP contribution in [-0.4, -0.2) is 84.8 Å². The Morgan fingerprint density at radius 2 is 1.76 bits per heavy atom. The summed E-state index contributed by atoms with van der Waals surface area (Å²) in [6, 6.07) is 0. The molecule has 6 nitrogen and oxygen atoms in total. The average Bonchev–Trinajstić information content (AvgIpc) is 2.36. The van der Waals surface area contributed by atoms with Crippen molar-refractivity contribution in [1.82, 2.24) is 0 Å². The molecule has 0 heterocycles. The van der Waals surface area contributed by atoms with Crippen LogP contribution in [0.15, 0.2) is 0 Å². The van der Waals surface area contributed by atoms with Crippen LogP contribution in [0.1, 0.15) is 6.92 Å². The van der Waals surface area contributed by atoms with Gasteiger partial charge in [-0.3, -0.25) is 0 Å². The summed E-state index contributed by atoms with van der Waals surface area (Å²) in [5.74, 6) is 0. The number of aliphatic hydroxyl groups is 5. The zero-order chi connectivity index (χ0) is 13.8. The van der Waals surface area contributed by atoms with Crippen molar-refractivity contribution in [3.05, 3.63) is 0 Å². The van der Waals surface area contributed by atoms with Gasteiger partial charge in [0.1, 0.15) is 24.4 Å². The molecule has 0 bridgehead atoms. The van der Waals surface area contributed by atoms with Gasteiger partial charge in [0, 0.05) is 14.8 Å². The molecule has 0 saturated heterocycles. The van der Waals surface area contributed by atoms with Gasteiger partial charge in [-0.15, -0.1) is 0 Å². The molecule has 17 heavy (non-hydrogen) atoms. The van der Waals surface area contributed by atoms with Crippen LogP contribution >= 0.6 is 0 Å². The van der Waals surface area contributed by atoms with E-state index >= 15 is 0 Å². The minimum absolute atomic E-state index is 0.0258. The zero-order valence-electron chi connectivity index (χ0n) is 9.68. The van der Waals surface area contributed by atoms with Crippen LogP contribution in [0.25, 0.3) is 0 Å². The largest absolute Gasteiger partial charge is 0.394 e. The Kier molecular flexibility index (Phi) is 13.6. The highest BCUT2D eigenvalue weighted by molar-refractivity contribution is 7.23. The van der Waals surface area contributed by atoms with Crippen molar-refractivity contribution in [2.45, 2.75) is 37.7 Å². The van der Waals surface area contributed by atoms with Crippen LogP contribution < -0.4 is 0 Å². The molecular formula is C8H17B3O6. The molecule has 0 spiro atoms. The summed E-state index contributed by atoms with van der Waals surface area (Å²) in [5.41, 5.74) is 0. The Labute approximate surface area is 104 Å². The molecule has 0 fully saturated rings. The molecule has 0 aliphatic rings. The van der Waals surface area contributed by atoms with E-state index in [2.05, 4.69) is 0 Å². The molecule has 94 valence electrons. The van der Waals surface area contributed by atoms with Crippen molar-refractivity contribution in [2.75, 3.05) is 6.61 Å². The van der Waals surface area contributed by atoms with Gasteiger partial charge in [0.05, 0.1) is 13.8 Å². The normalized spacial score (nSPS) is 16.8. The first-order valence-electron chi connectivity index (χ1n) is 5.11. The van der Waals surface area contributed by atoms with Crippen molar-refractivity contribution >= 4 is 28.3 Å². The standard InChI is InChI=1S/C6H12O6.C2H5B3/c7-1-3(9)5(11)6(12)4(10)2-8;1-2-4-5-3/h1,3-6,8-12H,2H2;2H2,1H3. The Hall–Kier alpha value is -0.335. The fourth-order valence-corrected chi connectivity index (χ4v) is 0.754. The van der Waals surface area contributed by atoms with E-state index in [1.807, 2.05) is 14.1 Å². The first-order valence-corrected chi connectivity index (χ1v) is 5.11. The van der Waals surface area contributed by atoms with Crippen molar-refractivity contribution < 1.29 is 30.3 Å². The Bertz CT molecular complexity index is 183. The van der Waals surface area contributed by atoms with E-state index in [0.717, 1.165) is 6.32 Å². The third kappa shape index (κ3) is 9.37. The van der Waals surface area contributed by atoms with Crippen molar-refractivity contribution in [3.8, 4) is 0 Å². The predicted octanol–water partition coefficient (Wildman–Crippen LogP) is -3.55. The second kappa shape index (κ2) is 12.1. The van der Waals surface area contributed by atoms with E-state index in [4.69, 9.17) is 33.3 Å². The second-order valence-electron chi connectivity index (χ2n) is 3.19. The maximum atomic E-state index is 9.90. The number of carbonyl (C=O) groups is 1. The molecular weight excluding hydrogens is 225 g/mol. The minimum atomic E-state index is -1.79. The number of aldehydes is 1. The lowest BCUT2D eigenvalue weighted by Gasteiger charge is -2.22. The van der Waals surface area contributed by atoms with Gasteiger partial charge >= 0.3 is 0 Å². The predicted molar refractivity (Wildman–Crippen MR) is 64.9 cm³/mol. The molecule has 4 radical (unpaired) electrons. The molecule has 5 N–H and O–H groups in total. The minimum Gasteiger partial charge on any atom is -0.394 e. The molecule has 4 atom stereocenters. The quantitative estimate of drug-likeness (QED) is 0.233. The fraction of sp³-hybridized carbons (Fsp3) is 0.875. The Morgan fingerprint density at radius 3 is 2.00 bits per heavy atom. The second-order valence-corrected chi connectivity index (χ2v) is 3.19. The molecule has 0 aromatic carbocycles. The molecule has 4 unspecified atom stereocenters. The van der Waals surface area contributed by atoms with E-state index in [9.17, 15) is 4.79 Å². The van der Waals surface area contributed by atoms with Crippen LogP contribution in [0.4, 0.5) is 0 Å². The van der Waals surface area contributed by atoms with Gasteiger partial charge in [0.25, 0.3) is 0 Å². The van der Waals surface area contributed by atoms with Crippen LogP contribution in [0.3, 0.4) is 0 Å². The van der Waals surface area contributed by atoms with Crippen LogP contribution in [0.5, 0.6) is 0 Å². The van der Waals surface area contributed by atoms with Gasteiger partial charge in [-0.1, -0.05) is 13.2 Å². The van der Waals surface area contributed by atoms with Crippen molar-refractivity contribution in [1.29, 1.82) is 0 Å². The van der Waals surface area contributed by atoms with E-state index < -0.39 is 31.0 Å². The molecule has 0 aromatic rings. The van der Waals surface area contributed by atoms with Gasteiger partial charge in [-0.05, 0) is 0 Å². The van der Waals surface area contributed by atoms with Gasteiger partial charge in [0.15, 0.2) is 6.29 Å². The molecule has 0 aliphatic carbocycles. The van der Waals surface area contributed by atoms with Gasteiger partial charge < -0.3 is 30.3 Å². The summed E-state index contributed by atoms with van der Waals surface area (Å²) in [6.07, 6.45) is -5.80. The highest BCUT2D eigenvalue weighted by atomic mass is 16.4. The molecule has 0 saturated carbocycles. The molecule has 9 heteroatoms. The number of aliphatic hydroxyl groups excluding tert-OH is 5. The van der Waals surface area contributed by atoms with E-state index in [-0.39, 0.29) is 6.29 Å². The number of hydrogen-bond acceptors (Lipinski definition) is 6. The first kappa shape index (κ1) is 19.0. The monoisotopic (exact) mass is 242 g/mol. The first-order chi connectivity index (χ1) is 7.95. The maximum Gasteiger partial charge on any atom is 0.151 e. The highest BCUT2D eigenvalue weighted by Crippen LogP contribution is 2.02. The smallest absolute Gasteiger partial charge is 0.151 e. The lowest BCUT2D eigenvalue weighted by atomic mass is 9.27. The average molecular weight is 242 g/mol. The molecule has 0 rings (SSSR count). The summed E-state index contributed by atoms with van der Waals surface area (Å²) >= 11 is 0. The van der Waals surface area contributed by atoms with E-state index in [1.54, 1.807) is 7.06 Å². The molecule has 0 aliphatic heterocycles. The third-order valence-corrected chi connectivity index (χ3v) is 1.79. The van der Waals surface area contributed by atoms with E-state index in [1.165, 1.54) is 0 Å². The van der Waals surface area contributed by atoms with Crippen molar-refractivity contribution in [2.24, 2.45) is 0 Å². The van der Waals surface area contributed by atoms with Gasteiger partial charge in [-0.2, -0.15) is 0 Å². The Morgan fingerprint density at radius 1 is 1.24 bits per heavy atom. The third-order valence-electron chi connectivity index (χ3n) is 1.79. The Balaban J connectivity index is 0. The van der Waals surface area contributed by atoms with Crippen LogP contribution in [0, 0.1) is 0 Å². The number of carbonyl (C=O) groups excluding carboxylic acids is 1. The topological polar surface area (TPSA) is 118 Å². The van der Waals surface area contributed by atoms with Gasteiger partial charge in [-0.25, -0.2) is 0 Å². The number of rotatable bonds is 7. The van der Waals surface area contributed by atoms with Gasteiger partial charge in [0.2, 0.25) is 0 Å². The lowest BCUT2D eigenvalue weighted by Crippen LogP contribution is -2.46. The number of hydrogen-bond donors (Lipinski definition) is 5. The van der Waals surface area contributed by atoms with Crippen LogP contribution in [-0.2, 0) is 4.79 Å². The summed E-state index contributed by atoms with van der Waals surface area (Å²) < 4.78 is 0. The van der Waals surface area contributed by atoms with Crippen LogP contribution in [0.2, 0.25) is 6.32 Å². The molecule has 0 aromatic heterocycles. The van der Waals surface area contributed by atoms with Crippen molar-refractivity contribution in [3.63, 3.8) is 0 Å². The SMILES string of the molecule is O=CC(O)C(O)C(O)C(O)CO.[B][B][B]CC.